The second-order valence-corrected chi connectivity index (χ2v) is 9.84. The van der Waals surface area contributed by atoms with Crippen LogP contribution in [-0.2, 0) is 14.8 Å². The second kappa shape index (κ2) is 7.89. The smallest absolute Gasteiger partial charge is 0.243 e. The van der Waals surface area contributed by atoms with Crippen LogP contribution >= 0.6 is 0 Å². The highest BCUT2D eigenvalue weighted by molar-refractivity contribution is 7.89. The van der Waals surface area contributed by atoms with E-state index in [0.29, 0.717) is 56.8 Å². The molecule has 2 heterocycles. The molecule has 0 radical (unpaired) electrons. The predicted molar refractivity (Wildman–Crippen MR) is 104 cm³/mol. The summed E-state index contributed by atoms with van der Waals surface area (Å²) in [7, 11) is -3.55. The van der Waals surface area contributed by atoms with Gasteiger partial charge in [-0.2, -0.15) is 4.31 Å². The Kier molecular flexibility index (Phi) is 5.93. The number of aryl methyl sites for hydroxylation is 3. The summed E-state index contributed by atoms with van der Waals surface area (Å²) >= 11 is 0. The minimum Gasteiger partial charge on any atom is -0.393 e. The molecular weight excluding hydrogens is 364 g/mol. The van der Waals surface area contributed by atoms with Gasteiger partial charge in [0.25, 0.3) is 0 Å². The number of hydrogen-bond acceptors (Lipinski definition) is 4. The van der Waals surface area contributed by atoms with E-state index in [2.05, 4.69) is 0 Å². The van der Waals surface area contributed by atoms with Crippen molar-refractivity contribution >= 4 is 15.9 Å². The lowest BCUT2D eigenvalue weighted by Crippen LogP contribution is -2.47. The Balaban J connectivity index is 1.67. The van der Waals surface area contributed by atoms with Gasteiger partial charge in [0.15, 0.2) is 0 Å². The Morgan fingerprint density at radius 2 is 1.48 bits per heavy atom. The molecule has 6 nitrogen and oxygen atoms in total. The van der Waals surface area contributed by atoms with Crippen LogP contribution in [0.5, 0.6) is 0 Å². The fourth-order valence-electron chi connectivity index (χ4n) is 4.39. The average molecular weight is 395 g/mol. The number of rotatable bonds is 3. The van der Waals surface area contributed by atoms with Crippen molar-refractivity contribution in [3.05, 3.63) is 28.8 Å². The molecule has 0 aromatic heterocycles. The summed E-state index contributed by atoms with van der Waals surface area (Å²) in [5, 5.41) is 9.60. The number of sulfonamides is 1. The minimum atomic E-state index is -3.55. The van der Waals surface area contributed by atoms with Crippen molar-refractivity contribution in [2.45, 2.75) is 57.5 Å². The zero-order valence-corrected chi connectivity index (χ0v) is 17.3. The van der Waals surface area contributed by atoms with E-state index < -0.39 is 10.0 Å². The lowest BCUT2D eigenvalue weighted by Gasteiger charge is -2.36. The van der Waals surface area contributed by atoms with Crippen LogP contribution in [0.25, 0.3) is 0 Å². The van der Waals surface area contributed by atoms with E-state index in [1.165, 1.54) is 4.31 Å². The summed E-state index contributed by atoms with van der Waals surface area (Å²) in [6, 6.07) is 3.81. The average Bonchev–Trinajstić information content (AvgIpc) is 2.61. The fourth-order valence-corrected chi connectivity index (χ4v) is 6.27. The minimum absolute atomic E-state index is 0.113. The maximum Gasteiger partial charge on any atom is 0.243 e. The van der Waals surface area contributed by atoms with Crippen LogP contribution in [0.3, 0.4) is 0 Å². The summed E-state index contributed by atoms with van der Waals surface area (Å²) in [5.74, 6) is -0.00597. The molecule has 0 unspecified atom stereocenters. The molecule has 1 amide bonds. The van der Waals surface area contributed by atoms with Crippen molar-refractivity contribution in [3.63, 3.8) is 0 Å². The molecule has 1 N–H and O–H groups in total. The SMILES string of the molecule is Cc1cc(C)c(S(=O)(=O)N2CCC(C(=O)N3CCC(O)CC3)CC2)c(C)c1. The number of likely N-dealkylation sites (tertiary alicyclic amines) is 1. The van der Waals surface area contributed by atoms with Gasteiger partial charge in [-0.05, 0) is 57.6 Å². The van der Waals surface area contributed by atoms with Crippen LogP contribution < -0.4 is 0 Å². The fraction of sp³-hybridized carbons (Fsp3) is 0.650. The number of benzene rings is 1. The van der Waals surface area contributed by atoms with E-state index >= 15 is 0 Å². The van der Waals surface area contributed by atoms with Crippen LogP contribution in [0.2, 0.25) is 0 Å². The molecule has 1 aromatic rings. The molecule has 2 saturated heterocycles. The molecule has 0 atom stereocenters. The monoisotopic (exact) mass is 394 g/mol. The van der Waals surface area contributed by atoms with Gasteiger partial charge in [-0.3, -0.25) is 4.79 Å². The number of hydrogen-bond donors (Lipinski definition) is 1. The van der Waals surface area contributed by atoms with Gasteiger partial charge in [0.2, 0.25) is 15.9 Å². The van der Waals surface area contributed by atoms with Crippen molar-refractivity contribution in [3.8, 4) is 0 Å². The zero-order valence-electron chi connectivity index (χ0n) is 16.4. The molecule has 2 aliphatic heterocycles. The standard InChI is InChI=1S/C20H30N2O4S/c1-14-12-15(2)19(16(3)13-14)27(25,26)22-10-4-17(5-11-22)20(24)21-8-6-18(23)7-9-21/h12-13,17-18,23H,4-11H2,1-3H3. The summed E-state index contributed by atoms with van der Waals surface area (Å²) < 4.78 is 27.8. The van der Waals surface area contributed by atoms with Crippen molar-refractivity contribution in [2.24, 2.45) is 5.92 Å². The van der Waals surface area contributed by atoms with Gasteiger partial charge in [-0.15, -0.1) is 0 Å². The highest BCUT2D eigenvalue weighted by Crippen LogP contribution is 2.29. The first-order valence-electron chi connectivity index (χ1n) is 9.75. The first-order valence-corrected chi connectivity index (χ1v) is 11.2. The third-order valence-electron chi connectivity index (χ3n) is 5.78. The molecule has 0 aliphatic carbocycles. The highest BCUT2D eigenvalue weighted by Gasteiger charge is 2.35. The number of nitrogens with zero attached hydrogens (tertiary/aromatic N) is 2. The highest BCUT2D eigenvalue weighted by atomic mass is 32.2. The number of amides is 1. The molecule has 150 valence electrons. The van der Waals surface area contributed by atoms with Crippen molar-refractivity contribution in [2.75, 3.05) is 26.2 Å². The van der Waals surface area contributed by atoms with Gasteiger partial charge in [0.05, 0.1) is 11.0 Å². The predicted octanol–water partition coefficient (Wildman–Crippen LogP) is 2.00. The quantitative estimate of drug-likeness (QED) is 0.851. The van der Waals surface area contributed by atoms with E-state index in [1.807, 2.05) is 37.8 Å². The normalized spacial score (nSPS) is 20.8. The van der Waals surface area contributed by atoms with E-state index in [1.54, 1.807) is 0 Å². The Bertz CT molecular complexity index is 782. The number of carbonyl (C=O) groups excluding carboxylic acids is 1. The Labute approximate surface area is 162 Å². The van der Waals surface area contributed by atoms with Gasteiger partial charge in [-0.1, -0.05) is 17.7 Å². The first kappa shape index (κ1) is 20.3. The summed E-state index contributed by atoms with van der Waals surface area (Å²) in [6.45, 7) is 7.60. The van der Waals surface area contributed by atoms with Crippen LogP contribution in [0, 0.1) is 26.7 Å². The van der Waals surface area contributed by atoms with Crippen LogP contribution in [0.1, 0.15) is 42.4 Å². The second-order valence-electron chi connectivity index (χ2n) is 7.96. The lowest BCUT2D eigenvalue weighted by atomic mass is 9.95. The van der Waals surface area contributed by atoms with Gasteiger partial charge < -0.3 is 10.0 Å². The van der Waals surface area contributed by atoms with Crippen LogP contribution in [-0.4, -0.2) is 60.9 Å². The first-order chi connectivity index (χ1) is 12.7. The number of carbonyl (C=O) groups is 1. The topological polar surface area (TPSA) is 77.9 Å². The van der Waals surface area contributed by atoms with Gasteiger partial charge >= 0.3 is 0 Å². The third kappa shape index (κ3) is 4.20. The van der Waals surface area contributed by atoms with Gasteiger partial charge in [0.1, 0.15) is 0 Å². The molecular formula is C20H30N2O4S. The number of aliphatic hydroxyl groups excluding tert-OH is 1. The Hall–Kier alpha value is -1.44. The Morgan fingerprint density at radius 3 is 2.00 bits per heavy atom. The molecule has 0 spiro atoms. The van der Waals surface area contributed by atoms with E-state index in [-0.39, 0.29) is 17.9 Å². The molecule has 0 saturated carbocycles. The molecule has 27 heavy (non-hydrogen) atoms. The van der Waals surface area contributed by atoms with Crippen molar-refractivity contribution < 1.29 is 18.3 Å². The largest absolute Gasteiger partial charge is 0.393 e. The van der Waals surface area contributed by atoms with Crippen molar-refractivity contribution in [1.29, 1.82) is 0 Å². The molecule has 3 rings (SSSR count). The van der Waals surface area contributed by atoms with Gasteiger partial charge in [-0.25, -0.2) is 8.42 Å². The summed E-state index contributed by atoms with van der Waals surface area (Å²) in [4.78, 5) is 14.9. The molecule has 2 fully saturated rings. The van der Waals surface area contributed by atoms with Gasteiger partial charge in [0, 0.05) is 32.1 Å². The molecule has 0 bridgehead atoms. The Morgan fingerprint density at radius 1 is 0.963 bits per heavy atom. The van der Waals surface area contributed by atoms with E-state index in [9.17, 15) is 18.3 Å². The summed E-state index contributed by atoms with van der Waals surface area (Å²) in [5.41, 5.74) is 2.61. The molecule has 2 aliphatic rings. The number of piperidine rings is 2. The maximum atomic E-state index is 13.2. The van der Waals surface area contributed by atoms with Crippen LogP contribution in [0.4, 0.5) is 0 Å². The maximum absolute atomic E-state index is 13.2. The summed E-state index contributed by atoms with van der Waals surface area (Å²) in [6.07, 6.45) is 2.07. The lowest BCUT2D eigenvalue weighted by molar-refractivity contribution is -0.138. The van der Waals surface area contributed by atoms with E-state index in [4.69, 9.17) is 0 Å². The van der Waals surface area contributed by atoms with E-state index in [0.717, 1.165) is 16.7 Å². The van der Waals surface area contributed by atoms with Crippen molar-refractivity contribution in [1.82, 2.24) is 9.21 Å². The number of aliphatic hydroxyl groups is 1. The molecule has 7 heteroatoms. The molecule has 1 aromatic carbocycles. The zero-order chi connectivity index (χ0) is 19.8. The third-order valence-corrected chi connectivity index (χ3v) is 7.99. The van der Waals surface area contributed by atoms with Crippen LogP contribution in [0.15, 0.2) is 17.0 Å².